The van der Waals surface area contributed by atoms with Gasteiger partial charge in [0.25, 0.3) is 0 Å². The Labute approximate surface area is 641 Å². The average molecular weight is 1490 g/mol. The summed E-state index contributed by atoms with van der Waals surface area (Å²) in [5.41, 5.74) is 4.66. The molecule has 0 radical (unpaired) electrons. The molecule has 0 spiro atoms. The van der Waals surface area contributed by atoms with Crippen molar-refractivity contribution in [3.8, 4) is 23.0 Å². The molecule has 0 N–H and O–H groups in total. The summed E-state index contributed by atoms with van der Waals surface area (Å²) in [6.45, 7) is 8.01. The van der Waals surface area contributed by atoms with Crippen molar-refractivity contribution in [2.24, 2.45) is 92.7 Å². The Balaban J connectivity index is 0.000000162. The second kappa shape index (κ2) is 31.1. The topological polar surface area (TPSA) is 142 Å². The van der Waals surface area contributed by atoms with Crippen LogP contribution in [0.2, 0.25) is 0 Å². The molecule has 6 aromatic rings. The minimum absolute atomic E-state index is 0. The van der Waals surface area contributed by atoms with Crippen LogP contribution in [-0.2, 0) is 59.9 Å². The van der Waals surface area contributed by atoms with Crippen LogP contribution in [0.15, 0.2) is 163 Å². The average Bonchev–Trinajstić information content (AvgIpc) is 0.761. The fourth-order valence-electron chi connectivity index (χ4n) is 25.8. The second-order valence-corrected chi connectivity index (χ2v) is 40.2. The maximum Gasteiger partial charge on any atom is 0.309 e. The van der Waals surface area contributed by atoms with E-state index in [-0.39, 0.29) is 80.1 Å². The molecule has 568 valence electrons. The first-order valence-electron chi connectivity index (χ1n) is 40.5. The number of benzene rings is 6. The molecule has 22 rings (SSSR count). The molecule has 16 aliphatic carbocycles. The van der Waals surface area contributed by atoms with Crippen LogP contribution >= 0.6 is 0 Å². The minimum Gasteiger partial charge on any atom is -0.457 e. The Morgan fingerprint density at radius 3 is 0.654 bits per heavy atom. The minimum atomic E-state index is -0.479. The van der Waals surface area contributed by atoms with E-state index in [1.54, 1.807) is 0 Å². The van der Waals surface area contributed by atoms with Gasteiger partial charge in [-0.15, -0.1) is 0 Å². The van der Waals surface area contributed by atoms with E-state index in [9.17, 15) is 19.2 Å². The maximum absolute atomic E-state index is 13.1. The first kappa shape index (κ1) is 74.2. The van der Waals surface area contributed by atoms with Crippen LogP contribution in [0.1, 0.15) is 209 Å². The van der Waals surface area contributed by atoms with Crippen molar-refractivity contribution < 1.29 is 57.1 Å². The Morgan fingerprint density at radius 2 is 0.467 bits per heavy atom. The van der Waals surface area contributed by atoms with Gasteiger partial charge in [0, 0.05) is 22.3 Å². The number of esters is 4. The lowest BCUT2D eigenvalue weighted by molar-refractivity contribution is -0.159. The molecule has 0 unspecified atom stereocenters. The number of carbonyl (C=O) groups is 4. The van der Waals surface area contributed by atoms with Gasteiger partial charge in [0.2, 0.25) is 27.2 Å². The molecule has 16 aliphatic rings. The highest BCUT2D eigenvalue weighted by Gasteiger charge is 2.56. The first-order valence-corrected chi connectivity index (χ1v) is 43.0. The molecule has 0 heterocycles. The van der Waals surface area contributed by atoms with Gasteiger partial charge in [0.15, 0.2) is 29.4 Å². The van der Waals surface area contributed by atoms with E-state index in [1.807, 2.05) is 60.7 Å². The third-order valence-electron chi connectivity index (χ3n) is 28.3. The van der Waals surface area contributed by atoms with Gasteiger partial charge in [0.1, 0.15) is 44.8 Å². The van der Waals surface area contributed by atoms with Gasteiger partial charge in [-0.05, 0) is 347 Å². The van der Waals surface area contributed by atoms with Gasteiger partial charge in [-0.25, -0.2) is 0 Å². The van der Waals surface area contributed by atoms with Gasteiger partial charge in [-0.1, -0.05) is 68.1 Å². The van der Waals surface area contributed by atoms with Crippen LogP contribution in [0.4, 0.5) is 0 Å². The predicted molar refractivity (Wildman–Crippen MR) is 416 cm³/mol. The summed E-state index contributed by atoms with van der Waals surface area (Å²) >= 11 is 0. The van der Waals surface area contributed by atoms with Crippen LogP contribution in [0.25, 0.3) is 0 Å². The quantitative estimate of drug-likeness (QED) is 0.0221. The van der Waals surface area contributed by atoms with E-state index in [0.717, 1.165) is 136 Å². The zero-order chi connectivity index (χ0) is 72.3. The van der Waals surface area contributed by atoms with Gasteiger partial charge >= 0.3 is 23.9 Å². The first-order chi connectivity index (χ1) is 51.4. The zero-order valence-corrected chi connectivity index (χ0v) is 64.6. The Bertz CT molecular complexity index is 3570. The van der Waals surface area contributed by atoms with E-state index < -0.39 is 21.8 Å². The highest BCUT2D eigenvalue weighted by atomic mass is 32.2. The number of hydrogen-bond donors (Lipinski definition) is 0. The summed E-state index contributed by atoms with van der Waals surface area (Å²) in [5.74, 6) is 12.1. The fraction of sp³-hybridized carbons (Fsp3) is 0.570. The standard InChI is InChI=1S/2C46H55O6S.CH4/c2*1-30-39(49-28-51-43(47)26-45-20-32-14-33(21-45)16-34(15-32)22-45)10-6-12-41(30)53(38-8-4-3-5-9-38)42-13-7-11-40(31(42)2)50-29-52-44(48)27-46-23-35-17-36(24-46)19-37(18-35)25-46;/h2*3-13,32-37H,14-29H2,1-2H3;1H4/q2*+1;. The molecule has 16 saturated carbocycles. The number of carbonyl (C=O) groups excluding carboxylic acids is 4. The van der Waals surface area contributed by atoms with Crippen molar-refractivity contribution in [2.75, 3.05) is 27.2 Å². The Morgan fingerprint density at radius 1 is 0.280 bits per heavy atom. The van der Waals surface area contributed by atoms with Crippen molar-refractivity contribution in [1.29, 1.82) is 0 Å². The molecule has 0 saturated heterocycles. The second-order valence-electron chi connectivity index (χ2n) is 36.2. The number of rotatable bonds is 26. The summed E-state index contributed by atoms with van der Waals surface area (Å²) in [6.07, 6.45) is 32.8. The van der Waals surface area contributed by atoms with E-state index in [0.29, 0.717) is 25.7 Å². The molecule has 0 aliphatic heterocycles. The molecular formula is C93H114O12S2+2. The molecule has 16 fully saturated rings. The predicted octanol–water partition coefficient (Wildman–Crippen LogP) is 21.4. The summed E-state index contributed by atoms with van der Waals surface area (Å²) in [4.78, 5) is 59.4. The van der Waals surface area contributed by atoms with Gasteiger partial charge in [-0.3, -0.25) is 19.2 Å². The number of ether oxygens (including phenoxy) is 8. The summed E-state index contributed by atoms with van der Waals surface area (Å²) < 4.78 is 47.8. The SMILES string of the molecule is C.Cc1c(OCOC(=O)CC23CC4CC(CC(C4)C2)C3)cccc1[S+](c1ccccc1)c1cccc(OCOC(=O)CC23CC4CC(CC(C4)C2)C3)c1C.Cc1c(OCOC(=O)CC23CC4CC(CC(C4)C2)C3)cccc1[S+](c1ccccc1)c1cccc(OCOC(=O)CC23CC4CC(CC(C4)C2)C3)c1C. The molecule has 6 aromatic carbocycles. The molecular weight excluding hydrogens is 1370 g/mol. The third-order valence-corrected chi connectivity index (χ3v) is 33.3. The van der Waals surface area contributed by atoms with E-state index in [2.05, 4.69) is 100 Å². The molecule has 14 heteroatoms. The molecule has 107 heavy (non-hydrogen) atoms. The maximum atomic E-state index is 13.1. The Hall–Kier alpha value is -6.90. The lowest BCUT2D eigenvalue weighted by Crippen LogP contribution is -2.47. The molecule has 0 amide bonds. The van der Waals surface area contributed by atoms with Crippen LogP contribution < -0.4 is 18.9 Å². The molecule has 0 atom stereocenters. The third kappa shape index (κ3) is 16.1. The van der Waals surface area contributed by atoms with Gasteiger partial charge < -0.3 is 37.9 Å². The molecule has 12 nitrogen and oxygen atoms in total. The Kier molecular flexibility index (Phi) is 21.6. The van der Waals surface area contributed by atoms with E-state index in [4.69, 9.17) is 37.9 Å². The fourth-order valence-corrected chi connectivity index (χ4v) is 30.7. The van der Waals surface area contributed by atoms with E-state index >= 15 is 0 Å². The summed E-state index contributed by atoms with van der Waals surface area (Å²) in [7, 11) is -0.958. The van der Waals surface area contributed by atoms with Crippen molar-refractivity contribution >= 4 is 45.7 Å². The van der Waals surface area contributed by atoms with Gasteiger partial charge in [-0.2, -0.15) is 0 Å². The normalized spacial score (nSPS) is 32.0. The lowest BCUT2D eigenvalue weighted by atomic mass is 9.49. The van der Waals surface area contributed by atoms with Gasteiger partial charge in [0.05, 0.1) is 25.7 Å². The van der Waals surface area contributed by atoms with Crippen molar-refractivity contribution in [3.05, 3.63) is 156 Å². The smallest absolute Gasteiger partial charge is 0.309 e. The molecule has 16 bridgehead atoms. The van der Waals surface area contributed by atoms with Crippen molar-refractivity contribution in [2.45, 2.75) is 244 Å². The van der Waals surface area contributed by atoms with Crippen LogP contribution in [0, 0.1) is 120 Å². The van der Waals surface area contributed by atoms with Crippen LogP contribution in [0.5, 0.6) is 23.0 Å². The number of hydrogen-bond acceptors (Lipinski definition) is 12. The largest absolute Gasteiger partial charge is 0.457 e. The van der Waals surface area contributed by atoms with Crippen LogP contribution in [-0.4, -0.2) is 51.0 Å². The summed E-state index contributed by atoms with van der Waals surface area (Å²) in [5, 5.41) is 0. The highest BCUT2D eigenvalue weighted by molar-refractivity contribution is 7.97. The monoisotopic (exact) mass is 1490 g/mol. The summed E-state index contributed by atoms with van der Waals surface area (Å²) in [6, 6.07) is 45.7. The highest BCUT2D eigenvalue weighted by Crippen LogP contribution is 2.65. The van der Waals surface area contributed by atoms with Crippen molar-refractivity contribution in [1.82, 2.24) is 0 Å². The van der Waals surface area contributed by atoms with Crippen molar-refractivity contribution in [3.63, 3.8) is 0 Å². The molecule has 0 aromatic heterocycles. The zero-order valence-electron chi connectivity index (χ0n) is 63.0. The lowest BCUT2D eigenvalue weighted by Gasteiger charge is -2.56. The van der Waals surface area contributed by atoms with E-state index in [1.165, 1.54) is 164 Å². The van der Waals surface area contributed by atoms with Crippen LogP contribution in [0.3, 0.4) is 0 Å².